The molecule has 0 spiro atoms. The zero-order chi connectivity index (χ0) is 31.1. The Morgan fingerprint density at radius 1 is 1.05 bits per heavy atom. The molecule has 1 amide bonds. The van der Waals surface area contributed by atoms with E-state index in [1.165, 1.54) is 23.2 Å². The average Bonchev–Trinajstić information content (AvgIpc) is 3.36. The fraction of sp³-hybridized carbons (Fsp3) is 0.333. The monoisotopic (exact) mass is 610 g/mol. The summed E-state index contributed by atoms with van der Waals surface area (Å²) in [5.41, 5.74) is 3.79. The average molecular weight is 611 g/mol. The van der Waals surface area contributed by atoms with Gasteiger partial charge in [-0.2, -0.15) is 4.39 Å². The van der Waals surface area contributed by atoms with E-state index in [1.807, 2.05) is 31.1 Å². The molecular weight excluding hydrogens is 574 g/mol. The first-order chi connectivity index (χ1) is 20.5. The van der Waals surface area contributed by atoms with Gasteiger partial charge in [0, 0.05) is 72.6 Å². The molecule has 43 heavy (non-hydrogen) atoms. The number of phosphoric ester groups is 1. The number of hydrogen-bond acceptors (Lipinski definition) is 9. The van der Waals surface area contributed by atoms with E-state index in [4.69, 9.17) is 18.6 Å². The summed E-state index contributed by atoms with van der Waals surface area (Å²) in [7, 11) is 1.69. The van der Waals surface area contributed by atoms with Gasteiger partial charge in [0.05, 0.1) is 25.1 Å². The molecular formula is C30H36FN6O5P. The van der Waals surface area contributed by atoms with Gasteiger partial charge in [0.15, 0.2) is 0 Å². The largest absolute Gasteiger partial charge is 0.476 e. The summed E-state index contributed by atoms with van der Waals surface area (Å²) < 4.78 is 45.4. The van der Waals surface area contributed by atoms with Crippen LogP contribution in [0.3, 0.4) is 0 Å². The topological polar surface area (TPSA) is 112 Å². The number of phosphoric acid groups is 1. The van der Waals surface area contributed by atoms with E-state index in [0.717, 1.165) is 11.1 Å². The zero-order valence-corrected chi connectivity index (χ0v) is 26.0. The van der Waals surface area contributed by atoms with Crippen molar-refractivity contribution in [2.75, 3.05) is 45.8 Å². The van der Waals surface area contributed by atoms with Crippen LogP contribution in [0.1, 0.15) is 27.0 Å². The number of nitrogens with zero attached hydrogens (tertiary/aromatic N) is 6. The molecule has 0 saturated carbocycles. The lowest BCUT2D eigenvalue weighted by atomic mass is 10.0. The molecule has 0 N–H and O–H groups in total. The first-order valence-corrected chi connectivity index (χ1v) is 15.3. The predicted molar refractivity (Wildman–Crippen MR) is 164 cm³/mol. The number of likely N-dealkylation sites (N-methyl/N-ethyl adjacent to an activating group) is 2. The molecule has 0 aliphatic carbocycles. The van der Waals surface area contributed by atoms with Gasteiger partial charge in [0.2, 0.25) is 11.9 Å². The molecule has 1 unspecified atom stereocenters. The second-order valence-corrected chi connectivity index (χ2v) is 11.5. The molecule has 4 aromatic heterocycles. The van der Waals surface area contributed by atoms with Crippen LogP contribution >= 0.6 is 7.82 Å². The molecule has 0 radical (unpaired) electrons. The Labute approximate surface area is 250 Å². The molecule has 4 heterocycles. The minimum atomic E-state index is -3.85. The van der Waals surface area contributed by atoms with Crippen LogP contribution in [0.2, 0.25) is 0 Å². The van der Waals surface area contributed by atoms with Crippen LogP contribution in [-0.4, -0.2) is 71.2 Å². The third-order valence-corrected chi connectivity index (χ3v) is 8.17. The normalized spacial score (nSPS) is 12.8. The van der Waals surface area contributed by atoms with Crippen LogP contribution in [0.25, 0.3) is 33.3 Å². The molecule has 0 aliphatic heterocycles. The van der Waals surface area contributed by atoms with Gasteiger partial charge in [-0.05, 0) is 58.6 Å². The Bertz CT molecular complexity index is 1650. The van der Waals surface area contributed by atoms with Gasteiger partial charge in [-0.15, -0.1) is 0 Å². The van der Waals surface area contributed by atoms with Crippen molar-refractivity contribution >= 4 is 30.5 Å². The highest BCUT2D eigenvalue weighted by atomic mass is 31.2. The third-order valence-electron chi connectivity index (χ3n) is 6.46. The lowest BCUT2D eigenvalue weighted by Gasteiger charge is -2.22. The first kappa shape index (κ1) is 32.1. The first-order valence-electron chi connectivity index (χ1n) is 13.8. The smallest absolute Gasteiger partial charge is 0.310 e. The molecule has 0 bridgehead atoms. The molecule has 228 valence electrons. The van der Waals surface area contributed by atoms with Crippen LogP contribution < -0.4 is 4.90 Å². The van der Waals surface area contributed by atoms with Gasteiger partial charge >= 0.3 is 7.82 Å². The molecule has 13 heteroatoms. The van der Waals surface area contributed by atoms with Crippen LogP contribution in [0.15, 0.2) is 67.4 Å². The Morgan fingerprint density at radius 3 is 2.44 bits per heavy atom. The molecule has 4 aromatic rings. The second kappa shape index (κ2) is 14.1. The summed E-state index contributed by atoms with van der Waals surface area (Å²) in [6.45, 7) is 6.02. The fourth-order valence-corrected chi connectivity index (χ4v) is 5.69. The summed E-state index contributed by atoms with van der Waals surface area (Å²) in [6, 6.07) is 6.78. The number of aromatic nitrogens is 4. The standard InChI is InChI=1S/C30H36FN6O5P/c1-7-40-43(39,41-8-2)42-21(3)37-20-27(22-11-12-33-28(31)16-22)26-15-24(18-34-30(26)37)23-14-25(19-32-17-23)36(6)29(38)10-9-13-35(4)5/h9-12,14-21H,7-8,13H2,1-6H3/b10-9+. The van der Waals surface area contributed by atoms with E-state index in [-0.39, 0.29) is 19.1 Å². The SMILES string of the molecule is CCOP(=O)(OCC)OC(C)n1cc(-c2ccnc(F)c2)c2cc(-c3cncc(N(C)C(=O)/C=C/CN(C)C)c3)cnc21. The van der Waals surface area contributed by atoms with Gasteiger partial charge in [-0.1, -0.05) is 6.08 Å². The summed E-state index contributed by atoms with van der Waals surface area (Å²) in [6.07, 6.45) is 10.6. The second-order valence-electron chi connectivity index (χ2n) is 9.89. The number of fused-ring (bicyclic) bond motifs is 1. The van der Waals surface area contributed by atoms with E-state index in [1.54, 1.807) is 69.3 Å². The minimum absolute atomic E-state index is 0.139. The summed E-state index contributed by atoms with van der Waals surface area (Å²) in [5, 5.41) is 0.683. The summed E-state index contributed by atoms with van der Waals surface area (Å²) >= 11 is 0. The quantitative estimate of drug-likeness (QED) is 0.101. The van der Waals surface area contributed by atoms with Gasteiger partial charge in [-0.25, -0.2) is 14.5 Å². The molecule has 0 aliphatic rings. The van der Waals surface area contributed by atoms with Crippen LogP contribution in [0.5, 0.6) is 0 Å². The van der Waals surface area contributed by atoms with Crippen molar-refractivity contribution in [3.63, 3.8) is 0 Å². The maximum absolute atomic E-state index is 14.2. The van der Waals surface area contributed by atoms with Crippen LogP contribution in [0, 0.1) is 5.95 Å². The minimum Gasteiger partial charge on any atom is -0.310 e. The Hall–Kier alpha value is -3.80. The maximum atomic E-state index is 14.2. The third kappa shape index (κ3) is 7.78. The van der Waals surface area contributed by atoms with Crippen LogP contribution in [-0.2, 0) is 22.9 Å². The zero-order valence-electron chi connectivity index (χ0n) is 25.1. The van der Waals surface area contributed by atoms with Gasteiger partial charge in [0.25, 0.3) is 0 Å². The van der Waals surface area contributed by atoms with Gasteiger partial charge < -0.3 is 14.4 Å². The number of pyridine rings is 3. The van der Waals surface area contributed by atoms with Crippen molar-refractivity contribution in [1.82, 2.24) is 24.4 Å². The van der Waals surface area contributed by atoms with E-state index < -0.39 is 20.0 Å². The summed E-state index contributed by atoms with van der Waals surface area (Å²) in [4.78, 5) is 28.9. The van der Waals surface area contributed by atoms with E-state index in [0.29, 0.717) is 34.4 Å². The van der Waals surface area contributed by atoms with Crippen LogP contribution in [0.4, 0.5) is 10.1 Å². The molecule has 0 fully saturated rings. The van der Waals surface area contributed by atoms with E-state index in [2.05, 4.69) is 9.97 Å². The molecule has 0 aromatic carbocycles. The number of hydrogen-bond donors (Lipinski definition) is 0. The van der Waals surface area contributed by atoms with Gasteiger partial charge in [0.1, 0.15) is 11.9 Å². The Kier molecular flexibility index (Phi) is 10.5. The number of carbonyl (C=O) groups excluding carboxylic acids is 1. The highest BCUT2D eigenvalue weighted by Crippen LogP contribution is 2.52. The van der Waals surface area contributed by atoms with Crippen molar-refractivity contribution in [2.45, 2.75) is 27.0 Å². The Balaban J connectivity index is 1.76. The van der Waals surface area contributed by atoms with Crippen molar-refractivity contribution in [2.24, 2.45) is 0 Å². The lowest BCUT2D eigenvalue weighted by Crippen LogP contribution is -2.24. The van der Waals surface area contributed by atoms with E-state index in [9.17, 15) is 13.8 Å². The Morgan fingerprint density at radius 2 is 1.77 bits per heavy atom. The summed E-state index contributed by atoms with van der Waals surface area (Å²) in [5.74, 6) is -0.813. The van der Waals surface area contributed by atoms with Crippen molar-refractivity contribution < 1.29 is 27.3 Å². The van der Waals surface area contributed by atoms with Crippen molar-refractivity contribution in [1.29, 1.82) is 0 Å². The van der Waals surface area contributed by atoms with E-state index >= 15 is 0 Å². The maximum Gasteiger partial charge on any atom is 0.476 e. The number of rotatable bonds is 13. The van der Waals surface area contributed by atoms with Gasteiger partial charge in [-0.3, -0.25) is 23.3 Å². The number of halogens is 1. The van der Waals surface area contributed by atoms with Crippen molar-refractivity contribution in [3.8, 4) is 22.3 Å². The lowest BCUT2D eigenvalue weighted by molar-refractivity contribution is -0.113. The molecule has 4 rings (SSSR count). The number of amides is 1. The highest BCUT2D eigenvalue weighted by Gasteiger charge is 2.30. The number of carbonyl (C=O) groups is 1. The predicted octanol–water partition coefficient (Wildman–Crippen LogP) is 6.10. The number of anilines is 1. The van der Waals surface area contributed by atoms with Crippen molar-refractivity contribution in [3.05, 3.63) is 73.3 Å². The fourth-order valence-electron chi connectivity index (χ4n) is 4.39. The molecule has 1 atom stereocenters. The molecule has 11 nitrogen and oxygen atoms in total. The highest BCUT2D eigenvalue weighted by molar-refractivity contribution is 7.48. The molecule has 0 saturated heterocycles.